The molecule has 27 heavy (non-hydrogen) atoms. The quantitative estimate of drug-likeness (QED) is 0.606. The van der Waals surface area contributed by atoms with Crippen molar-refractivity contribution in [3.63, 3.8) is 0 Å². The molecular formula is C21H22N6. The van der Waals surface area contributed by atoms with Crippen LogP contribution in [0.2, 0.25) is 0 Å². The molecule has 3 aromatic heterocycles. The summed E-state index contributed by atoms with van der Waals surface area (Å²) in [6, 6.07) is 11.1. The van der Waals surface area contributed by atoms with Crippen molar-refractivity contribution in [2.75, 3.05) is 20.1 Å². The average Bonchev–Trinajstić information content (AvgIpc) is 3.38. The van der Waals surface area contributed by atoms with Gasteiger partial charge in [-0.3, -0.25) is 5.10 Å². The molecule has 6 nitrogen and oxygen atoms in total. The van der Waals surface area contributed by atoms with Crippen LogP contribution in [0.5, 0.6) is 0 Å². The maximum atomic E-state index is 4.76. The Kier molecular flexibility index (Phi) is 3.98. The number of likely N-dealkylation sites (tertiary alicyclic amines) is 1. The number of aromatic amines is 1. The van der Waals surface area contributed by atoms with Crippen LogP contribution in [0, 0.1) is 0 Å². The lowest BCUT2D eigenvalue weighted by molar-refractivity contribution is 0.215. The van der Waals surface area contributed by atoms with Crippen LogP contribution in [-0.2, 0) is 0 Å². The normalized spacial score (nSPS) is 16.2. The van der Waals surface area contributed by atoms with E-state index in [1.807, 2.05) is 24.8 Å². The second-order valence-corrected chi connectivity index (χ2v) is 7.32. The predicted octanol–water partition coefficient (Wildman–Crippen LogP) is 3.76. The molecule has 1 N–H and O–H groups in total. The van der Waals surface area contributed by atoms with Gasteiger partial charge in [-0.05, 0) is 50.2 Å². The maximum Gasteiger partial charge on any atom is 0.158 e. The minimum atomic E-state index is 0.450. The van der Waals surface area contributed by atoms with E-state index in [-0.39, 0.29) is 0 Å². The molecule has 1 aliphatic heterocycles. The van der Waals surface area contributed by atoms with E-state index in [9.17, 15) is 0 Å². The fourth-order valence-corrected chi connectivity index (χ4v) is 3.87. The zero-order valence-corrected chi connectivity index (χ0v) is 15.3. The number of pyridine rings is 1. The summed E-state index contributed by atoms with van der Waals surface area (Å²) in [4.78, 5) is 7.13. The zero-order chi connectivity index (χ0) is 18.2. The first-order chi connectivity index (χ1) is 13.3. The number of benzene rings is 1. The van der Waals surface area contributed by atoms with Crippen molar-refractivity contribution >= 4 is 11.0 Å². The third kappa shape index (κ3) is 3.02. The van der Waals surface area contributed by atoms with Gasteiger partial charge in [0, 0.05) is 28.9 Å². The van der Waals surface area contributed by atoms with Gasteiger partial charge in [-0.15, -0.1) is 0 Å². The molecule has 0 atom stereocenters. The predicted molar refractivity (Wildman–Crippen MR) is 106 cm³/mol. The zero-order valence-electron chi connectivity index (χ0n) is 15.3. The topological polar surface area (TPSA) is 62.6 Å². The van der Waals surface area contributed by atoms with E-state index in [0.717, 1.165) is 59.2 Å². The fourth-order valence-electron chi connectivity index (χ4n) is 3.87. The van der Waals surface area contributed by atoms with E-state index in [1.54, 1.807) is 0 Å². The molecule has 0 spiro atoms. The van der Waals surface area contributed by atoms with Crippen molar-refractivity contribution in [1.82, 2.24) is 29.9 Å². The molecule has 5 rings (SSSR count). The van der Waals surface area contributed by atoms with Crippen molar-refractivity contribution in [3.8, 4) is 22.3 Å². The van der Waals surface area contributed by atoms with Crippen LogP contribution in [-0.4, -0.2) is 50.0 Å². The number of hydrogen-bond acceptors (Lipinski definition) is 4. The monoisotopic (exact) mass is 358 g/mol. The van der Waals surface area contributed by atoms with Gasteiger partial charge in [0.15, 0.2) is 5.65 Å². The Balaban J connectivity index is 1.43. The van der Waals surface area contributed by atoms with Gasteiger partial charge in [0.05, 0.1) is 18.4 Å². The van der Waals surface area contributed by atoms with Crippen molar-refractivity contribution in [3.05, 3.63) is 55.1 Å². The van der Waals surface area contributed by atoms with Crippen LogP contribution in [0.4, 0.5) is 0 Å². The molecule has 1 aliphatic rings. The average molecular weight is 358 g/mol. The van der Waals surface area contributed by atoms with Gasteiger partial charge >= 0.3 is 0 Å². The highest BCUT2D eigenvalue weighted by Crippen LogP contribution is 2.28. The third-order valence-corrected chi connectivity index (χ3v) is 5.52. The highest BCUT2D eigenvalue weighted by molar-refractivity contribution is 5.81. The first-order valence-electron chi connectivity index (χ1n) is 9.39. The van der Waals surface area contributed by atoms with Gasteiger partial charge in [-0.2, -0.15) is 10.2 Å². The van der Waals surface area contributed by atoms with Crippen LogP contribution in [0.15, 0.2) is 55.1 Å². The number of H-pyrrole nitrogens is 1. The summed E-state index contributed by atoms with van der Waals surface area (Å²) in [5.41, 5.74) is 5.50. The Morgan fingerprint density at radius 2 is 1.67 bits per heavy atom. The van der Waals surface area contributed by atoms with Gasteiger partial charge < -0.3 is 4.90 Å². The summed E-state index contributed by atoms with van der Waals surface area (Å²) in [6.45, 7) is 2.24. The molecule has 0 aliphatic carbocycles. The molecule has 136 valence electrons. The molecule has 0 saturated carbocycles. The molecule has 0 bridgehead atoms. The van der Waals surface area contributed by atoms with Crippen molar-refractivity contribution in [1.29, 1.82) is 0 Å². The van der Waals surface area contributed by atoms with E-state index in [1.165, 1.54) is 0 Å². The van der Waals surface area contributed by atoms with Crippen molar-refractivity contribution in [2.45, 2.75) is 18.9 Å². The molecule has 4 heterocycles. The molecular weight excluding hydrogens is 336 g/mol. The second-order valence-electron chi connectivity index (χ2n) is 7.32. The molecule has 4 aromatic rings. The van der Waals surface area contributed by atoms with Crippen LogP contribution in [0.25, 0.3) is 33.3 Å². The van der Waals surface area contributed by atoms with Crippen LogP contribution in [0.1, 0.15) is 18.9 Å². The molecule has 1 saturated heterocycles. The van der Waals surface area contributed by atoms with E-state index in [2.05, 4.69) is 62.3 Å². The van der Waals surface area contributed by atoms with Gasteiger partial charge in [-0.1, -0.05) is 24.3 Å². The van der Waals surface area contributed by atoms with E-state index in [4.69, 9.17) is 4.98 Å². The second kappa shape index (κ2) is 6.63. The first-order valence-corrected chi connectivity index (χ1v) is 9.39. The largest absolute Gasteiger partial charge is 0.306 e. The molecule has 0 radical (unpaired) electrons. The Labute approximate surface area is 157 Å². The van der Waals surface area contributed by atoms with Gasteiger partial charge in [-0.25, -0.2) is 9.67 Å². The molecule has 0 unspecified atom stereocenters. The number of fused-ring (bicyclic) bond motifs is 1. The smallest absolute Gasteiger partial charge is 0.158 e. The fraction of sp³-hybridized carbons (Fsp3) is 0.286. The Morgan fingerprint density at radius 1 is 0.926 bits per heavy atom. The lowest BCUT2D eigenvalue weighted by atomic mass is 10.0. The minimum Gasteiger partial charge on any atom is -0.306 e. The molecule has 1 fully saturated rings. The van der Waals surface area contributed by atoms with Crippen LogP contribution in [0.3, 0.4) is 0 Å². The Hall–Kier alpha value is -2.99. The summed E-state index contributed by atoms with van der Waals surface area (Å²) in [6.07, 6.45) is 9.91. The highest BCUT2D eigenvalue weighted by Gasteiger charge is 2.21. The SMILES string of the molecule is CN1CCC(n2ncc3cc(-c4ccc(-c5cn[nH]c5)cc4)cnc32)CC1. The van der Waals surface area contributed by atoms with Crippen LogP contribution >= 0.6 is 0 Å². The summed E-state index contributed by atoms with van der Waals surface area (Å²) in [5, 5.41) is 12.6. The lowest BCUT2D eigenvalue weighted by Crippen LogP contribution is -2.31. The lowest BCUT2D eigenvalue weighted by Gasteiger charge is -2.29. The number of rotatable bonds is 3. The van der Waals surface area contributed by atoms with Gasteiger partial charge in [0.25, 0.3) is 0 Å². The van der Waals surface area contributed by atoms with E-state index in [0.29, 0.717) is 6.04 Å². The minimum absolute atomic E-state index is 0.450. The maximum absolute atomic E-state index is 4.76. The summed E-state index contributed by atoms with van der Waals surface area (Å²) >= 11 is 0. The number of aromatic nitrogens is 5. The number of nitrogens with one attached hydrogen (secondary N) is 1. The summed E-state index contributed by atoms with van der Waals surface area (Å²) in [7, 11) is 2.18. The van der Waals surface area contributed by atoms with E-state index >= 15 is 0 Å². The molecule has 1 aromatic carbocycles. The Morgan fingerprint density at radius 3 is 2.37 bits per heavy atom. The first kappa shape index (κ1) is 16.2. The summed E-state index contributed by atoms with van der Waals surface area (Å²) < 4.78 is 2.12. The standard InChI is InChI=1S/C21H22N6/c1-26-8-6-20(7-9-26)27-21-18(14-25-27)10-17(11-22-21)15-2-4-16(5-3-15)19-12-23-24-13-19/h2-5,10-14,20H,6-9H2,1H3,(H,23,24). The number of piperidine rings is 1. The van der Waals surface area contributed by atoms with Crippen molar-refractivity contribution in [2.24, 2.45) is 0 Å². The Bertz CT molecular complexity index is 1040. The van der Waals surface area contributed by atoms with Crippen molar-refractivity contribution < 1.29 is 0 Å². The molecule has 0 amide bonds. The number of hydrogen-bond donors (Lipinski definition) is 1. The molecule has 6 heteroatoms. The van der Waals surface area contributed by atoms with Gasteiger partial charge in [0.2, 0.25) is 0 Å². The third-order valence-electron chi connectivity index (χ3n) is 5.52. The highest BCUT2D eigenvalue weighted by atomic mass is 15.3. The number of nitrogens with zero attached hydrogens (tertiary/aromatic N) is 5. The van der Waals surface area contributed by atoms with Crippen LogP contribution < -0.4 is 0 Å². The summed E-state index contributed by atoms with van der Waals surface area (Å²) in [5.74, 6) is 0. The van der Waals surface area contributed by atoms with Gasteiger partial charge in [0.1, 0.15) is 0 Å². The van der Waals surface area contributed by atoms with E-state index < -0.39 is 0 Å².